The van der Waals surface area contributed by atoms with E-state index < -0.39 is 39.7 Å². The van der Waals surface area contributed by atoms with E-state index in [2.05, 4.69) is 17.0 Å². The van der Waals surface area contributed by atoms with Gasteiger partial charge in [-0.2, -0.15) is 0 Å². The van der Waals surface area contributed by atoms with Crippen molar-refractivity contribution in [1.29, 1.82) is 0 Å². The molecule has 3 aromatic rings. The molecule has 13 heteroatoms. The van der Waals surface area contributed by atoms with E-state index in [1.807, 2.05) is 80.3 Å². The zero-order valence-electron chi connectivity index (χ0n) is 30.4. The van der Waals surface area contributed by atoms with Crippen LogP contribution in [0.1, 0.15) is 92.4 Å². The molecule has 0 saturated heterocycles. The molecule has 0 spiro atoms. The summed E-state index contributed by atoms with van der Waals surface area (Å²) in [4.78, 5) is 28.3. The van der Waals surface area contributed by atoms with Gasteiger partial charge in [-0.15, -0.1) is 0 Å². The van der Waals surface area contributed by atoms with Gasteiger partial charge in [0.1, 0.15) is 11.4 Å². The van der Waals surface area contributed by atoms with Gasteiger partial charge in [0.25, 0.3) is 5.91 Å². The molecule has 52 heavy (non-hydrogen) atoms. The number of carbonyl (C=O) groups is 2. The number of rotatable bonds is 14. The summed E-state index contributed by atoms with van der Waals surface area (Å²) in [6, 6.07) is 19.1. The maximum atomic E-state index is 14.5. The molecule has 0 bridgehead atoms. The molecule has 5 atom stereocenters. The summed E-state index contributed by atoms with van der Waals surface area (Å²) in [7, 11) is -3.53. The quantitative estimate of drug-likeness (QED) is 0.102. The van der Waals surface area contributed by atoms with E-state index in [0.29, 0.717) is 34.2 Å². The van der Waals surface area contributed by atoms with Crippen molar-refractivity contribution in [2.75, 3.05) is 26.2 Å². The third-order valence-electron chi connectivity index (χ3n) is 9.31. The zero-order chi connectivity index (χ0) is 37.6. The molecule has 1 heterocycles. The lowest BCUT2D eigenvalue weighted by atomic mass is 9.77. The molecule has 2 N–H and O–H groups in total. The largest absolute Gasteiger partial charge is 0.482 e. The number of amides is 1. The number of halogens is 2. The van der Waals surface area contributed by atoms with Crippen molar-refractivity contribution < 1.29 is 32.2 Å². The minimum Gasteiger partial charge on any atom is -0.482 e. The second kappa shape index (κ2) is 17.3. The average Bonchev–Trinajstić information content (AvgIpc) is 3.06. The molecule has 0 aromatic heterocycles. The fourth-order valence-corrected chi connectivity index (χ4v) is 8.54. The fraction of sp³-hybridized carbons (Fsp3) is 0.487. The lowest BCUT2D eigenvalue weighted by Crippen LogP contribution is -2.58. The third-order valence-corrected chi connectivity index (χ3v) is 10.6. The van der Waals surface area contributed by atoms with Crippen LogP contribution in [0, 0.1) is 0 Å². The first-order valence-electron chi connectivity index (χ1n) is 17.7. The number of hydrogen-bond donors (Lipinski definition) is 2. The van der Waals surface area contributed by atoms with Crippen molar-refractivity contribution in [3.8, 4) is 5.75 Å². The van der Waals surface area contributed by atoms with E-state index in [0.717, 1.165) is 42.2 Å². The van der Waals surface area contributed by atoms with Crippen molar-refractivity contribution in [3.63, 3.8) is 0 Å². The monoisotopic (exact) mass is 773 g/mol. The van der Waals surface area contributed by atoms with Crippen LogP contribution >= 0.6 is 23.2 Å². The molecule has 10 nitrogen and oxygen atoms in total. The standard InChI is InChI=1S/C39H49Cl2N3O7S/c1-25(20-26-14-17-28(18-15-26)50-23-36(45)51-39(2,3)4)42-24-49-22-32-29-10-6-7-11-30(29)38(46)44(37(32)31-19-16-27(40)21-33(31)41)35-13-9-8-12-34(35)43-52(5,47)48/h6-7,10-11,14-19,21,25,32,34-35,37,42-43H,8-9,12-13,20,22-24H2,1-5H3/t25?,32-,34+,35+,37+/m1/s1. The van der Waals surface area contributed by atoms with Gasteiger partial charge < -0.3 is 19.1 Å². The molecule has 1 fully saturated rings. The summed E-state index contributed by atoms with van der Waals surface area (Å²) in [5.41, 5.74) is 2.67. The molecule has 1 saturated carbocycles. The number of nitrogens with one attached hydrogen (secondary N) is 2. The molecule has 1 amide bonds. The van der Waals surface area contributed by atoms with Crippen LogP contribution in [0.3, 0.4) is 0 Å². The van der Waals surface area contributed by atoms with E-state index in [1.54, 1.807) is 12.1 Å². The summed E-state index contributed by atoms with van der Waals surface area (Å²) in [6.07, 6.45) is 4.87. The van der Waals surface area contributed by atoms with Crippen LogP contribution in [-0.2, 0) is 30.7 Å². The first kappa shape index (κ1) is 40.0. The topological polar surface area (TPSA) is 123 Å². The van der Waals surface area contributed by atoms with Crippen molar-refractivity contribution in [2.45, 2.75) is 95.5 Å². The van der Waals surface area contributed by atoms with Gasteiger partial charge in [-0.25, -0.2) is 17.9 Å². The van der Waals surface area contributed by atoms with Gasteiger partial charge in [0.2, 0.25) is 10.0 Å². The summed E-state index contributed by atoms with van der Waals surface area (Å²) < 4.78 is 45.0. The molecule has 5 rings (SSSR count). The van der Waals surface area contributed by atoms with E-state index in [4.69, 9.17) is 37.4 Å². The van der Waals surface area contributed by atoms with Gasteiger partial charge in [-0.1, -0.05) is 72.4 Å². The van der Waals surface area contributed by atoms with E-state index in [9.17, 15) is 18.0 Å². The van der Waals surface area contributed by atoms with Gasteiger partial charge in [-0.05, 0) is 94.0 Å². The number of fused-ring (bicyclic) bond motifs is 1. The predicted molar refractivity (Wildman–Crippen MR) is 203 cm³/mol. The number of benzene rings is 3. The number of nitrogens with zero attached hydrogens (tertiary/aromatic N) is 1. The summed E-state index contributed by atoms with van der Waals surface area (Å²) in [6.45, 7) is 7.88. The maximum absolute atomic E-state index is 14.5. The van der Waals surface area contributed by atoms with Gasteiger partial charge in [0, 0.05) is 39.7 Å². The van der Waals surface area contributed by atoms with Crippen LogP contribution < -0.4 is 14.8 Å². The number of ether oxygens (including phenoxy) is 3. The highest BCUT2D eigenvalue weighted by molar-refractivity contribution is 7.88. The molecule has 2 aliphatic rings. The minimum atomic E-state index is -3.53. The Bertz CT molecular complexity index is 1820. The molecular weight excluding hydrogens is 725 g/mol. The Labute approximate surface area is 317 Å². The lowest BCUT2D eigenvalue weighted by molar-refractivity contribution is -0.157. The van der Waals surface area contributed by atoms with Crippen LogP contribution in [-0.4, -0.2) is 75.1 Å². The molecule has 1 unspecified atom stereocenters. The van der Waals surface area contributed by atoms with Crippen molar-refractivity contribution in [2.24, 2.45) is 0 Å². The van der Waals surface area contributed by atoms with Crippen LogP contribution in [0.15, 0.2) is 66.7 Å². The number of esters is 1. The van der Waals surface area contributed by atoms with Crippen LogP contribution in [0.25, 0.3) is 0 Å². The first-order valence-corrected chi connectivity index (χ1v) is 20.3. The van der Waals surface area contributed by atoms with Gasteiger partial charge in [0.15, 0.2) is 6.61 Å². The van der Waals surface area contributed by atoms with Gasteiger partial charge >= 0.3 is 5.97 Å². The summed E-state index contributed by atoms with van der Waals surface area (Å²) >= 11 is 13.2. The average molecular weight is 775 g/mol. The normalized spacial score (nSPS) is 21.4. The van der Waals surface area contributed by atoms with Crippen molar-refractivity contribution >= 4 is 45.1 Å². The zero-order valence-corrected chi connectivity index (χ0v) is 32.7. The van der Waals surface area contributed by atoms with E-state index >= 15 is 0 Å². The molecule has 282 valence electrons. The van der Waals surface area contributed by atoms with E-state index in [1.165, 1.54) is 0 Å². The summed E-state index contributed by atoms with van der Waals surface area (Å²) in [5.74, 6) is -0.308. The smallest absolute Gasteiger partial charge is 0.344 e. The number of carbonyl (C=O) groups excluding carboxylic acids is 2. The lowest BCUT2D eigenvalue weighted by Gasteiger charge is -2.49. The fourth-order valence-electron chi connectivity index (χ4n) is 7.19. The second-order valence-corrected chi connectivity index (χ2v) is 17.3. The third kappa shape index (κ3) is 10.7. The van der Waals surface area contributed by atoms with Crippen LogP contribution in [0.4, 0.5) is 0 Å². The number of hydrogen-bond acceptors (Lipinski definition) is 8. The molecule has 1 aliphatic carbocycles. The van der Waals surface area contributed by atoms with E-state index in [-0.39, 0.29) is 37.8 Å². The second-order valence-electron chi connectivity index (χ2n) is 14.7. The highest BCUT2D eigenvalue weighted by Gasteiger charge is 2.47. The highest BCUT2D eigenvalue weighted by atomic mass is 35.5. The molecule has 3 aromatic carbocycles. The predicted octanol–water partition coefficient (Wildman–Crippen LogP) is 7.05. The van der Waals surface area contributed by atoms with Crippen molar-refractivity contribution in [3.05, 3.63) is 99.0 Å². The van der Waals surface area contributed by atoms with Crippen molar-refractivity contribution in [1.82, 2.24) is 14.9 Å². The van der Waals surface area contributed by atoms with Crippen LogP contribution in [0.5, 0.6) is 5.75 Å². The molecule has 0 radical (unpaired) electrons. The Hall–Kier alpha value is -3.19. The molecule has 1 aliphatic heterocycles. The Morgan fingerprint density at radius 3 is 2.40 bits per heavy atom. The Balaban J connectivity index is 1.30. The number of sulfonamides is 1. The highest BCUT2D eigenvalue weighted by Crippen LogP contribution is 2.47. The van der Waals surface area contributed by atoms with Gasteiger partial charge in [-0.3, -0.25) is 10.1 Å². The first-order chi connectivity index (χ1) is 24.6. The summed E-state index contributed by atoms with van der Waals surface area (Å²) in [5, 5.41) is 4.35. The Kier molecular flexibility index (Phi) is 13.3. The Morgan fingerprint density at radius 2 is 1.71 bits per heavy atom. The SMILES string of the molecule is CC(Cc1ccc(OCC(=O)OC(C)(C)C)cc1)NCOC[C@@H]1c2ccccc2C(=O)N([C@H]2CCCC[C@@H]2NS(C)(=O)=O)[C@H]1c1ccc(Cl)cc1Cl. The van der Waals surface area contributed by atoms with Gasteiger partial charge in [0.05, 0.1) is 25.6 Å². The Morgan fingerprint density at radius 1 is 1.00 bits per heavy atom. The minimum absolute atomic E-state index is 0.0665. The molecular formula is C39H49Cl2N3O7S. The van der Waals surface area contributed by atoms with Crippen LogP contribution in [0.2, 0.25) is 10.0 Å². The maximum Gasteiger partial charge on any atom is 0.344 e.